The average Bonchev–Trinajstić information content (AvgIpc) is 3.20. The summed E-state index contributed by atoms with van der Waals surface area (Å²) in [6.07, 6.45) is 0. The molecule has 8 nitrogen and oxygen atoms in total. The van der Waals surface area contributed by atoms with Crippen molar-refractivity contribution in [3.63, 3.8) is 0 Å². The van der Waals surface area contributed by atoms with E-state index in [4.69, 9.17) is 4.74 Å². The summed E-state index contributed by atoms with van der Waals surface area (Å²) in [5, 5.41) is 13.7. The molecule has 0 saturated carbocycles. The normalized spacial score (nSPS) is 10.4. The first-order valence-corrected chi connectivity index (χ1v) is 11.6. The molecule has 0 bridgehead atoms. The van der Waals surface area contributed by atoms with Gasteiger partial charge < -0.3 is 10.1 Å². The van der Waals surface area contributed by atoms with E-state index in [2.05, 4.69) is 36.8 Å². The van der Waals surface area contributed by atoms with Gasteiger partial charge in [0.15, 0.2) is 4.34 Å². The Labute approximate surface area is 194 Å². The molecule has 31 heavy (non-hydrogen) atoms. The second kappa shape index (κ2) is 11.0. The summed E-state index contributed by atoms with van der Waals surface area (Å²) < 4.78 is 6.15. The minimum atomic E-state index is -0.408. The number of benzene rings is 2. The van der Waals surface area contributed by atoms with Crippen LogP contribution >= 0.6 is 39.0 Å². The number of thioether (sulfide) groups is 1. The van der Waals surface area contributed by atoms with E-state index in [0.29, 0.717) is 37.4 Å². The van der Waals surface area contributed by atoms with Gasteiger partial charge in [-0.3, -0.25) is 14.9 Å². The monoisotopic (exact) mass is 520 g/mol. The first kappa shape index (κ1) is 22.9. The SMILES string of the molecule is CCOC(=O)c1ccc(NC(=O)CSc2nnc(NC(=O)c3ccccc3Br)s2)cc1. The first-order valence-electron chi connectivity index (χ1n) is 9.05. The number of hydrogen-bond donors (Lipinski definition) is 2. The van der Waals surface area contributed by atoms with Crippen LogP contribution in [0.3, 0.4) is 0 Å². The summed E-state index contributed by atoms with van der Waals surface area (Å²) >= 11 is 5.73. The Hall–Kier alpha value is -2.76. The first-order chi connectivity index (χ1) is 15.0. The maximum Gasteiger partial charge on any atom is 0.338 e. The van der Waals surface area contributed by atoms with Gasteiger partial charge >= 0.3 is 5.97 Å². The van der Waals surface area contributed by atoms with Crippen molar-refractivity contribution in [2.45, 2.75) is 11.3 Å². The van der Waals surface area contributed by atoms with Crippen LogP contribution in [-0.4, -0.2) is 40.3 Å². The maximum atomic E-state index is 12.3. The smallest absolute Gasteiger partial charge is 0.338 e. The molecule has 0 unspecified atom stereocenters. The van der Waals surface area contributed by atoms with Crippen molar-refractivity contribution < 1.29 is 19.1 Å². The molecule has 0 spiro atoms. The van der Waals surface area contributed by atoms with Crippen molar-refractivity contribution >= 4 is 67.6 Å². The Morgan fingerprint density at radius 2 is 1.81 bits per heavy atom. The van der Waals surface area contributed by atoms with E-state index in [-0.39, 0.29) is 17.6 Å². The molecular weight excluding hydrogens is 504 g/mol. The van der Waals surface area contributed by atoms with Crippen LogP contribution in [0.5, 0.6) is 0 Å². The van der Waals surface area contributed by atoms with E-state index in [1.807, 2.05) is 6.07 Å². The second-order valence-electron chi connectivity index (χ2n) is 5.94. The predicted octanol–water partition coefficient (Wildman–Crippen LogP) is 4.46. The second-order valence-corrected chi connectivity index (χ2v) is 9.00. The highest BCUT2D eigenvalue weighted by Crippen LogP contribution is 2.26. The van der Waals surface area contributed by atoms with E-state index >= 15 is 0 Å². The number of ether oxygens (including phenoxy) is 1. The quantitative estimate of drug-likeness (QED) is 0.256. The highest BCUT2D eigenvalue weighted by atomic mass is 79.9. The number of carbonyl (C=O) groups excluding carboxylic acids is 3. The molecule has 0 aliphatic rings. The number of nitrogens with zero attached hydrogens (tertiary/aromatic N) is 2. The summed E-state index contributed by atoms with van der Waals surface area (Å²) in [5.41, 5.74) is 1.47. The van der Waals surface area contributed by atoms with Gasteiger partial charge in [-0.1, -0.05) is 35.2 Å². The average molecular weight is 521 g/mol. The largest absolute Gasteiger partial charge is 0.462 e. The third-order valence-electron chi connectivity index (χ3n) is 3.75. The van der Waals surface area contributed by atoms with Gasteiger partial charge in [-0.15, -0.1) is 10.2 Å². The van der Waals surface area contributed by atoms with Crippen LogP contribution in [0.25, 0.3) is 0 Å². The third kappa shape index (κ3) is 6.61. The number of carbonyl (C=O) groups is 3. The lowest BCUT2D eigenvalue weighted by atomic mass is 10.2. The molecular formula is C20H17BrN4O4S2. The summed E-state index contributed by atoms with van der Waals surface area (Å²) in [4.78, 5) is 36.1. The summed E-state index contributed by atoms with van der Waals surface area (Å²) in [7, 11) is 0. The Morgan fingerprint density at radius 3 is 2.52 bits per heavy atom. The fourth-order valence-electron chi connectivity index (χ4n) is 2.36. The zero-order valence-corrected chi connectivity index (χ0v) is 19.5. The molecule has 2 amide bonds. The Morgan fingerprint density at radius 1 is 1.06 bits per heavy atom. The molecule has 0 aliphatic carbocycles. The molecule has 2 N–H and O–H groups in total. The Balaban J connectivity index is 1.49. The molecule has 0 fully saturated rings. The van der Waals surface area contributed by atoms with Gasteiger partial charge in [0.1, 0.15) is 0 Å². The van der Waals surface area contributed by atoms with Crippen molar-refractivity contribution in [2.24, 2.45) is 0 Å². The molecule has 0 radical (unpaired) electrons. The fraction of sp³-hybridized carbons (Fsp3) is 0.150. The van der Waals surface area contributed by atoms with Gasteiger partial charge in [-0.2, -0.15) is 0 Å². The topological polar surface area (TPSA) is 110 Å². The van der Waals surface area contributed by atoms with Gasteiger partial charge in [-0.25, -0.2) is 4.79 Å². The molecule has 11 heteroatoms. The Bertz CT molecular complexity index is 1090. The molecule has 2 aromatic carbocycles. The summed E-state index contributed by atoms with van der Waals surface area (Å²) in [6, 6.07) is 13.5. The fourth-order valence-corrected chi connectivity index (χ4v) is 4.37. The van der Waals surface area contributed by atoms with Crippen molar-refractivity contribution in [3.05, 3.63) is 64.1 Å². The number of rotatable bonds is 8. The van der Waals surface area contributed by atoms with Crippen molar-refractivity contribution in [1.29, 1.82) is 0 Å². The molecule has 0 atom stereocenters. The molecule has 0 saturated heterocycles. The van der Waals surface area contributed by atoms with Crippen LogP contribution < -0.4 is 10.6 Å². The van der Waals surface area contributed by atoms with Crippen LogP contribution in [-0.2, 0) is 9.53 Å². The van der Waals surface area contributed by atoms with Gasteiger partial charge in [0.2, 0.25) is 11.0 Å². The van der Waals surface area contributed by atoms with E-state index < -0.39 is 5.97 Å². The van der Waals surface area contributed by atoms with Gasteiger partial charge in [0.25, 0.3) is 5.91 Å². The van der Waals surface area contributed by atoms with Crippen LogP contribution in [0.4, 0.5) is 10.8 Å². The number of halogens is 1. The molecule has 1 heterocycles. The number of nitrogens with one attached hydrogen (secondary N) is 2. The van der Waals surface area contributed by atoms with Crippen molar-refractivity contribution in [3.8, 4) is 0 Å². The standard InChI is InChI=1S/C20H17BrN4O4S2/c1-2-29-18(28)12-7-9-13(10-8-12)22-16(26)11-30-20-25-24-19(31-20)23-17(27)14-5-3-4-6-15(14)21/h3-10H,2,11H2,1H3,(H,22,26)(H,23,24,27). The lowest BCUT2D eigenvalue weighted by Crippen LogP contribution is -2.14. The Kier molecular flexibility index (Phi) is 8.15. The number of amides is 2. The van der Waals surface area contributed by atoms with Crippen LogP contribution in [0, 0.1) is 0 Å². The number of esters is 1. The number of hydrogen-bond acceptors (Lipinski definition) is 8. The molecule has 3 aromatic rings. The third-order valence-corrected chi connectivity index (χ3v) is 6.42. The lowest BCUT2D eigenvalue weighted by Gasteiger charge is -2.06. The zero-order chi connectivity index (χ0) is 22.2. The summed E-state index contributed by atoms with van der Waals surface area (Å²) in [6.45, 7) is 2.04. The number of anilines is 2. The molecule has 1 aromatic heterocycles. The molecule has 160 valence electrons. The molecule has 0 aliphatic heterocycles. The minimum absolute atomic E-state index is 0.118. The number of aromatic nitrogens is 2. The van der Waals surface area contributed by atoms with Crippen LogP contribution in [0.1, 0.15) is 27.6 Å². The highest BCUT2D eigenvalue weighted by Gasteiger charge is 2.14. The van der Waals surface area contributed by atoms with Crippen molar-refractivity contribution in [1.82, 2.24) is 10.2 Å². The maximum absolute atomic E-state index is 12.3. The van der Waals surface area contributed by atoms with Crippen molar-refractivity contribution in [2.75, 3.05) is 23.0 Å². The van der Waals surface area contributed by atoms with E-state index in [1.165, 1.54) is 23.1 Å². The predicted molar refractivity (Wildman–Crippen MR) is 124 cm³/mol. The lowest BCUT2D eigenvalue weighted by molar-refractivity contribution is -0.113. The van der Waals surface area contributed by atoms with E-state index in [9.17, 15) is 14.4 Å². The minimum Gasteiger partial charge on any atom is -0.462 e. The summed E-state index contributed by atoms with van der Waals surface area (Å²) in [5.74, 6) is -0.825. The van der Waals surface area contributed by atoms with Gasteiger partial charge in [0, 0.05) is 10.2 Å². The highest BCUT2D eigenvalue weighted by molar-refractivity contribution is 9.10. The van der Waals surface area contributed by atoms with Gasteiger partial charge in [0.05, 0.1) is 23.5 Å². The molecule has 3 rings (SSSR count). The van der Waals surface area contributed by atoms with Crippen LogP contribution in [0.15, 0.2) is 57.3 Å². The van der Waals surface area contributed by atoms with E-state index in [1.54, 1.807) is 49.4 Å². The van der Waals surface area contributed by atoms with E-state index in [0.717, 1.165) is 0 Å². The zero-order valence-electron chi connectivity index (χ0n) is 16.3. The van der Waals surface area contributed by atoms with Gasteiger partial charge in [-0.05, 0) is 59.3 Å². The van der Waals surface area contributed by atoms with Crippen LogP contribution in [0.2, 0.25) is 0 Å².